The summed E-state index contributed by atoms with van der Waals surface area (Å²) < 4.78 is 11.4. The third kappa shape index (κ3) is 4.80. The molecule has 262 valence electrons. The Balaban J connectivity index is 1.05. The normalized spacial score (nSPS) is 11.9. The molecule has 12 rings (SSSR count). The van der Waals surface area contributed by atoms with Gasteiger partial charge >= 0.3 is 0 Å². The van der Waals surface area contributed by atoms with E-state index in [2.05, 4.69) is 187 Å². The lowest BCUT2D eigenvalue weighted by atomic mass is 9.98. The van der Waals surface area contributed by atoms with E-state index in [0.717, 1.165) is 22.5 Å². The molecule has 0 fully saturated rings. The number of furan rings is 1. The van der Waals surface area contributed by atoms with Crippen LogP contribution in [0.2, 0.25) is 0 Å². The van der Waals surface area contributed by atoms with Crippen molar-refractivity contribution in [3.8, 4) is 22.3 Å². The molecule has 0 saturated carbocycles. The van der Waals surface area contributed by atoms with Crippen molar-refractivity contribution in [2.24, 2.45) is 0 Å². The van der Waals surface area contributed by atoms with Crippen molar-refractivity contribution in [1.29, 1.82) is 0 Å². The highest BCUT2D eigenvalue weighted by molar-refractivity contribution is 7.27. The second-order valence-corrected chi connectivity index (χ2v) is 16.5. The molecule has 2 nitrogen and oxygen atoms in total. The van der Waals surface area contributed by atoms with Crippen LogP contribution in [0.3, 0.4) is 0 Å². The zero-order valence-electron chi connectivity index (χ0n) is 30.1. The molecule has 9 aromatic carbocycles. The summed E-state index contributed by atoms with van der Waals surface area (Å²) in [5.74, 6) is 0. The Morgan fingerprint density at radius 3 is 1.96 bits per heavy atom. The van der Waals surface area contributed by atoms with Gasteiger partial charge in [0, 0.05) is 57.8 Å². The minimum absolute atomic E-state index is 0.930. The van der Waals surface area contributed by atoms with Gasteiger partial charge in [-0.15, -0.1) is 22.7 Å². The second kappa shape index (κ2) is 12.4. The Kier molecular flexibility index (Phi) is 7.00. The lowest BCUT2D eigenvalue weighted by Gasteiger charge is -2.27. The van der Waals surface area contributed by atoms with Crippen LogP contribution < -0.4 is 4.90 Å². The van der Waals surface area contributed by atoms with Crippen LogP contribution in [0.25, 0.3) is 95.3 Å². The predicted octanol–water partition coefficient (Wildman–Crippen LogP) is 16.3. The molecule has 0 N–H and O–H groups in total. The largest absolute Gasteiger partial charge is 0.456 e. The number of thiophene rings is 2. The quantitative estimate of drug-likeness (QED) is 0.174. The molecule has 56 heavy (non-hydrogen) atoms. The van der Waals surface area contributed by atoms with E-state index in [9.17, 15) is 0 Å². The molecule has 3 aromatic heterocycles. The Morgan fingerprint density at radius 2 is 1.05 bits per heavy atom. The van der Waals surface area contributed by atoms with Crippen LogP contribution in [0.4, 0.5) is 17.1 Å². The number of nitrogens with zero attached hydrogens (tertiary/aromatic N) is 1. The summed E-state index contributed by atoms with van der Waals surface area (Å²) in [4.78, 5) is 2.44. The van der Waals surface area contributed by atoms with E-state index in [0.29, 0.717) is 0 Å². The molecular weight excluding hydrogens is 719 g/mol. The summed E-state index contributed by atoms with van der Waals surface area (Å²) in [6.45, 7) is 0. The minimum Gasteiger partial charge on any atom is -0.456 e. The maximum Gasteiger partial charge on any atom is 0.136 e. The van der Waals surface area contributed by atoms with Crippen LogP contribution in [0.5, 0.6) is 0 Å². The van der Waals surface area contributed by atoms with Crippen molar-refractivity contribution < 1.29 is 4.42 Å². The van der Waals surface area contributed by atoms with Crippen LogP contribution in [-0.4, -0.2) is 0 Å². The summed E-state index contributed by atoms with van der Waals surface area (Å²) in [7, 11) is 0. The Labute approximate surface area is 330 Å². The first-order valence-corrected chi connectivity index (χ1v) is 20.5. The van der Waals surface area contributed by atoms with Gasteiger partial charge in [-0.25, -0.2) is 0 Å². The molecule has 0 unspecified atom stereocenters. The summed E-state index contributed by atoms with van der Waals surface area (Å²) in [6.07, 6.45) is 0. The number of hydrogen-bond acceptors (Lipinski definition) is 4. The Morgan fingerprint density at radius 1 is 0.375 bits per heavy atom. The molecule has 0 bridgehead atoms. The van der Waals surface area contributed by atoms with Gasteiger partial charge in [-0.2, -0.15) is 0 Å². The number of para-hydroxylation sites is 1. The van der Waals surface area contributed by atoms with E-state index in [1.807, 2.05) is 28.7 Å². The van der Waals surface area contributed by atoms with Crippen LogP contribution in [-0.2, 0) is 0 Å². The van der Waals surface area contributed by atoms with Gasteiger partial charge in [0.15, 0.2) is 0 Å². The maximum atomic E-state index is 6.30. The summed E-state index contributed by atoms with van der Waals surface area (Å²) >= 11 is 3.74. The second-order valence-electron chi connectivity index (χ2n) is 14.4. The highest BCUT2D eigenvalue weighted by Gasteiger charge is 2.21. The van der Waals surface area contributed by atoms with Crippen molar-refractivity contribution >= 4 is 113 Å². The van der Waals surface area contributed by atoms with Crippen molar-refractivity contribution in [2.45, 2.75) is 0 Å². The van der Waals surface area contributed by atoms with Gasteiger partial charge in [-0.05, 0) is 87.6 Å². The third-order valence-electron chi connectivity index (χ3n) is 11.3. The highest BCUT2D eigenvalue weighted by atomic mass is 32.1. The van der Waals surface area contributed by atoms with Crippen LogP contribution in [0.15, 0.2) is 192 Å². The first-order chi connectivity index (χ1) is 27.8. The summed E-state index contributed by atoms with van der Waals surface area (Å²) in [6, 6.07) is 68.4. The smallest absolute Gasteiger partial charge is 0.136 e. The zero-order chi connectivity index (χ0) is 36.7. The first kappa shape index (κ1) is 31.6. The first-order valence-electron chi connectivity index (χ1n) is 18.9. The molecule has 3 heterocycles. The van der Waals surface area contributed by atoms with Gasteiger partial charge in [0.05, 0.1) is 10.4 Å². The molecule has 0 radical (unpaired) electrons. The van der Waals surface area contributed by atoms with Gasteiger partial charge in [-0.1, -0.05) is 133 Å². The van der Waals surface area contributed by atoms with Gasteiger partial charge in [0.1, 0.15) is 11.2 Å². The van der Waals surface area contributed by atoms with Crippen molar-refractivity contribution in [3.05, 3.63) is 188 Å². The lowest BCUT2D eigenvalue weighted by Crippen LogP contribution is -2.10. The maximum absolute atomic E-state index is 6.30. The summed E-state index contributed by atoms with van der Waals surface area (Å²) in [5.41, 5.74) is 10.1. The summed E-state index contributed by atoms with van der Waals surface area (Å²) in [5, 5.41) is 10.0. The Bertz CT molecular complexity index is 3490. The van der Waals surface area contributed by atoms with Crippen LogP contribution in [0.1, 0.15) is 0 Å². The SMILES string of the molecule is c1cc(-c2cccc3c2sc2c3ccc3oc4ccccc4c32)cc(N(c2ccc(-c3cccc4ccccc34)cc2)c2cccc3c2sc2ccccc23)c1. The number of hydrogen-bond donors (Lipinski definition) is 0. The number of rotatable bonds is 5. The van der Waals surface area contributed by atoms with Crippen molar-refractivity contribution in [1.82, 2.24) is 0 Å². The molecular formula is C52H31NOS2. The fraction of sp³-hybridized carbons (Fsp3) is 0. The molecule has 0 aliphatic rings. The van der Waals surface area contributed by atoms with Crippen molar-refractivity contribution in [2.75, 3.05) is 4.90 Å². The molecule has 0 aliphatic heterocycles. The average molecular weight is 750 g/mol. The van der Waals surface area contributed by atoms with Gasteiger partial charge in [-0.3, -0.25) is 0 Å². The topological polar surface area (TPSA) is 16.4 Å². The van der Waals surface area contributed by atoms with E-state index in [1.165, 1.54) is 89.8 Å². The molecule has 0 amide bonds. The molecule has 4 heteroatoms. The van der Waals surface area contributed by atoms with E-state index in [-0.39, 0.29) is 0 Å². The van der Waals surface area contributed by atoms with Crippen LogP contribution >= 0.6 is 22.7 Å². The molecule has 0 aliphatic carbocycles. The average Bonchev–Trinajstić information content (AvgIpc) is 3.96. The highest BCUT2D eigenvalue weighted by Crippen LogP contribution is 2.48. The Hall–Kier alpha value is -6.72. The lowest BCUT2D eigenvalue weighted by molar-refractivity contribution is 0.669. The van der Waals surface area contributed by atoms with Gasteiger partial charge in [0.2, 0.25) is 0 Å². The fourth-order valence-corrected chi connectivity index (χ4v) is 11.3. The van der Waals surface area contributed by atoms with E-state index in [4.69, 9.17) is 4.42 Å². The monoisotopic (exact) mass is 749 g/mol. The standard InChI is InChI=1S/C52H31NOS2/c1-2-15-37-32(11-1)12-8-18-38(37)33-25-27-35(28-26-33)53(45-22-10-21-41-40-16-4-6-24-48(40)55-51(41)45)36-14-7-13-34(31-36)39-19-9-20-42-43-29-30-47-49(52(43)56-50(39)42)44-17-3-5-23-46(44)54-47/h1-31H. The van der Waals surface area contributed by atoms with Gasteiger partial charge in [0.25, 0.3) is 0 Å². The predicted molar refractivity (Wildman–Crippen MR) is 243 cm³/mol. The minimum atomic E-state index is 0.930. The van der Waals surface area contributed by atoms with E-state index in [1.54, 1.807) is 0 Å². The van der Waals surface area contributed by atoms with Gasteiger partial charge < -0.3 is 9.32 Å². The number of benzene rings is 9. The molecule has 0 saturated heterocycles. The van der Waals surface area contributed by atoms with Crippen LogP contribution in [0, 0.1) is 0 Å². The number of fused-ring (bicyclic) bond motifs is 11. The van der Waals surface area contributed by atoms with E-state index >= 15 is 0 Å². The fourth-order valence-electron chi connectivity index (χ4n) is 8.71. The molecule has 0 spiro atoms. The van der Waals surface area contributed by atoms with Crippen molar-refractivity contribution in [3.63, 3.8) is 0 Å². The molecule has 12 aromatic rings. The zero-order valence-corrected chi connectivity index (χ0v) is 31.7. The molecule has 0 atom stereocenters. The number of anilines is 3. The third-order valence-corrected chi connectivity index (χ3v) is 13.8. The van der Waals surface area contributed by atoms with E-state index < -0.39 is 0 Å².